The Morgan fingerprint density at radius 3 is 1.89 bits per heavy atom. The lowest BCUT2D eigenvalue weighted by Crippen LogP contribution is -2.34. The highest BCUT2D eigenvalue weighted by Crippen LogP contribution is 2.57. The molecule has 5 aromatic carbocycles. The first-order valence-corrected chi connectivity index (χ1v) is 16.0. The van der Waals surface area contributed by atoms with Crippen LogP contribution in [0.5, 0.6) is 11.5 Å². The zero-order valence-corrected chi connectivity index (χ0v) is 26.1. The molecule has 2 heterocycles. The smallest absolute Gasteiger partial charge is 0.340 e. The van der Waals surface area contributed by atoms with Crippen molar-refractivity contribution in [2.75, 3.05) is 22.9 Å². The lowest BCUT2D eigenvalue weighted by atomic mass is 9.77. The van der Waals surface area contributed by atoms with Gasteiger partial charge in [-0.15, -0.1) is 0 Å². The normalized spacial score (nSPS) is 15.9. The van der Waals surface area contributed by atoms with Crippen LogP contribution in [0.1, 0.15) is 64.5 Å². The summed E-state index contributed by atoms with van der Waals surface area (Å²) in [5.41, 5.74) is 7.84. The van der Waals surface area contributed by atoms with Crippen LogP contribution in [0, 0.1) is 0 Å². The third-order valence-electron chi connectivity index (χ3n) is 9.18. The average molecular weight is 595 g/mol. The second kappa shape index (κ2) is 11.8. The molecule has 5 aromatic rings. The molecular weight excluding hydrogens is 556 g/mol. The van der Waals surface area contributed by atoms with Gasteiger partial charge in [-0.25, -0.2) is 4.79 Å². The summed E-state index contributed by atoms with van der Waals surface area (Å²) < 4.78 is 13.3. The van der Waals surface area contributed by atoms with E-state index in [4.69, 9.17) is 9.47 Å². The van der Waals surface area contributed by atoms with Crippen LogP contribution in [0.3, 0.4) is 0 Å². The molecule has 0 aromatic heterocycles. The SMILES string of the molecule is CCc1cc2c(cc1N(Cc1ccccc1)Cc1ccccc1)C1(OC(=O)c3ccccc31)c1ccc(N(CC)CC)cc1O2. The van der Waals surface area contributed by atoms with Crippen molar-refractivity contribution in [3.8, 4) is 11.5 Å². The largest absolute Gasteiger partial charge is 0.456 e. The van der Waals surface area contributed by atoms with Crippen LogP contribution in [0.15, 0.2) is 115 Å². The lowest BCUT2D eigenvalue weighted by molar-refractivity contribution is 0.0224. The first-order chi connectivity index (χ1) is 22.0. The number of hydrogen-bond acceptors (Lipinski definition) is 5. The molecule has 45 heavy (non-hydrogen) atoms. The zero-order chi connectivity index (χ0) is 31.0. The molecule has 0 saturated carbocycles. The topological polar surface area (TPSA) is 42.0 Å². The number of aryl methyl sites for hydroxylation is 1. The number of hydrogen-bond donors (Lipinski definition) is 0. The number of anilines is 2. The van der Waals surface area contributed by atoms with Gasteiger partial charge in [-0.3, -0.25) is 0 Å². The molecule has 5 heteroatoms. The Kier molecular flexibility index (Phi) is 7.54. The van der Waals surface area contributed by atoms with E-state index in [2.05, 4.69) is 122 Å². The van der Waals surface area contributed by atoms with Gasteiger partial charge >= 0.3 is 5.97 Å². The number of fused-ring (bicyclic) bond motifs is 6. The molecule has 226 valence electrons. The van der Waals surface area contributed by atoms with Crippen LogP contribution < -0.4 is 14.5 Å². The van der Waals surface area contributed by atoms with Gasteiger partial charge in [0, 0.05) is 60.3 Å². The van der Waals surface area contributed by atoms with Gasteiger partial charge in [-0.05, 0) is 67.3 Å². The highest BCUT2D eigenvalue weighted by molar-refractivity contribution is 5.97. The number of carbonyl (C=O) groups is 1. The van der Waals surface area contributed by atoms with E-state index < -0.39 is 5.60 Å². The molecule has 0 radical (unpaired) electrons. The second-order valence-corrected chi connectivity index (χ2v) is 11.7. The van der Waals surface area contributed by atoms with Crippen LogP contribution in [-0.4, -0.2) is 19.1 Å². The van der Waals surface area contributed by atoms with Crippen molar-refractivity contribution in [1.82, 2.24) is 0 Å². The number of carbonyl (C=O) groups excluding carboxylic acids is 1. The van der Waals surface area contributed by atoms with Crippen molar-refractivity contribution in [1.29, 1.82) is 0 Å². The van der Waals surface area contributed by atoms with E-state index in [0.29, 0.717) is 5.56 Å². The van der Waals surface area contributed by atoms with Crippen molar-refractivity contribution in [3.05, 3.63) is 154 Å². The molecular formula is C40H38N2O3. The summed E-state index contributed by atoms with van der Waals surface area (Å²) in [6, 6.07) is 39.6. The van der Waals surface area contributed by atoms with E-state index in [9.17, 15) is 4.79 Å². The fraction of sp³-hybridized carbons (Fsp3) is 0.225. The van der Waals surface area contributed by atoms with Crippen LogP contribution in [0.4, 0.5) is 11.4 Å². The number of benzene rings is 5. The van der Waals surface area contributed by atoms with Gasteiger partial charge in [-0.1, -0.05) is 85.8 Å². The quantitative estimate of drug-likeness (QED) is 0.160. The van der Waals surface area contributed by atoms with Crippen molar-refractivity contribution < 1.29 is 14.3 Å². The highest BCUT2D eigenvalue weighted by atomic mass is 16.6. The molecule has 2 aliphatic rings. The van der Waals surface area contributed by atoms with Gasteiger partial charge in [0.25, 0.3) is 0 Å². The molecule has 1 unspecified atom stereocenters. The summed E-state index contributed by atoms with van der Waals surface area (Å²) >= 11 is 0. The molecule has 7 rings (SSSR count). The molecule has 0 amide bonds. The van der Waals surface area contributed by atoms with Gasteiger partial charge in [0.05, 0.1) is 5.56 Å². The van der Waals surface area contributed by atoms with Gasteiger partial charge in [0.15, 0.2) is 5.60 Å². The molecule has 0 aliphatic carbocycles. The molecule has 0 saturated heterocycles. The maximum absolute atomic E-state index is 13.6. The fourth-order valence-corrected chi connectivity index (χ4v) is 6.93. The first-order valence-electron chi connectivity index (χ1n) is 16.0. The maximum atomic E-state index is 13.6. The van der Waals surface area contributed by atoms with E-state index in [0.717, 1.165) is 72.2 Å². The van der Waals surface area contributed by atoms with Crippen LogP contribution in [-0.2, 0) is 29.8 Å². The molecule has 1 spiro atoms. The van der Waals surface area contributed by atoms with Gasteiger partial charge in [0.2, 0.25) is 0 Å². The first kappa shape index (κ1) is 28.7. The lowest BCUT2D eigenvalue weighted by Gasteiger charge is -2.39. The third-order valence-corrected chi connectivity index (χ3v) is 9.18. The van der Waals surface area contributed by atoms with Crippen molar-refractivity contribution in [2.45, 2.75) is 45.9 Å². The second-order valence-electron chi connectivity index (χ2n) is 11.7. The summed E-state index contributed by atoms with van der Waals surface area (Å²) in [5.74, 6) is 1.13. The highest BCUT2D eigenvalue weighted by Gasteiger charge is 2.54. The Hall–Kier alpha value is -5.03. The number of ether oxygens (including phenoxy) is 2. The van der Waals surface area contributed by atoms with E-state index in [1.165, 1.54) is 16.7 Å². The van der Waals surface area contributed by atoms with Crippen LogP contribution >= 0.6 is 0 Å². The van der Waals surface area contributed by atoms with E-state index in [1.807, 2.05) is 24.3 Å². The zero-order valence-electron chi connectivity index (χ0n) is 26.1. The van der Waals surface area contributed by atoms with Crippen molar-refractivity contribution in [2.24, 2.45) is 0 Å². The number of nitrogens with zero attached hydrogens (tertiary/aromatic N) is 2. The Morgan fingerprint density at radius 2 is 1.24 bits per heavy atom. The van der Waals surface area contributed by atoms with Gasteiger partial charge in [0.1, 0.15) is 11.5 Å². The Balaban J connectivity index is 1.44. The standard InChI is InChI=1S/C40H38N2O3/c1-4-30-23-37-35(25-36(30)42(26-28-15-9-7-10-16-28)27-29-17-11-8-12-18-29)40(33-20-14-13-19-32(33)39(43)45-40)34-22-21-31(24-38(34)44-37)41(5-2)6-3/h7-25H,4-6,26-27H2,1-3H3. The van der Waals surface area contributed by atoms with Crippen LogP contribution in [0.2, 0.25) is 0 Å². The molecule has 0 fully saturated rings. The van der Waals surface area contributed by atoms with Crippen molar-refractivity contribution in [3.63, 3.8) is 0 Å². The predicted octanol–water partition coefficient (Wildman–Crippen LogP) is 8.87. The maximum Gasteiger partial charge on any atom is 0.340 e. The summed E-state index contributed by atoms with van der Waals surface area (Å²) in [7, 11) is 0. The molecule has 0 bridgehead atoms. The van der Waals surface area contributed by atoms with Crippen LogP contribution in [0.25, 0.3) is 0 Å². The minimum atomic E-state index is -1.12. The summed E-state index contributed by atoms with van der Waals surface area (Å²) in [6.07, 6.45) is 0.821. The average Bonchev–Trinajstić information content (AvgIpc) is 3.38. The monoisotopic (exact) mass is 594 g/mol. The van der Waals surface area contributed by atoms with E-state index >= 15 is 0 Å². The van der Waals surface area contributed by atoms with Gasteiger partial charge in [-0.2, -0.15) is 0 Å². The fourth-order valence-electron chi connectivity index (χ4n) is 6.93. The third kappa shape index (κ3) is 4.93. The Bertz CT molecular complexity index is 1810. The molecule has 1 atom stereocenters. The predicted molar refractivity (Wildman–Crippen MR) is 180 cm³/mol. The molecule has 0 N–H and O–H groups in total. The Labute approximate surface area is 265 Å². The van der Waals surface area contributed by atoms with E-state index in [1.54, 1.807) is 0 Å². The minimum Gasteiger partial charge on any atom is -0.456 e. The summed E-state index contributed by atoms with van der Waals surface area (Å²) in [4.78, 5) is 18.3. The number of esters is 1. The summed E-state index contributed by atoms with van der Waals surface area (Å²) in [6.45, 7) is 9.73. The van der Waals surface area contributed by atoms with E-state index in [-0.39, 0.29) is 5.97 Å². The minimum absolute atomic E-state index is 0.316. The summed E-state index contributed by atoms with van der Waals surface area (Å²) in [5, 5.41) is 0. The molecule has 5 nitrogen and oxygen atoms in total. The number of rotatable bonds is 9. The Morgan fingerprint density at radius 1 is 0.622 bits per heavy atom. The van der Waals surface area contributed by atoms with Crippen molar-refractivity contribution >= 4 is 17.3 Å². The molecule has 2 aliphatic heterocycles. The van der Waals surface area contributed by atoms with Gasteiger partial charge < -0.3 is 19.3 Å².